The summed E-state index contributed by atoms with van der Waals surface area (Å²) in [5.74, 6) is 5.64. The van der Waals surface area contributed by atoms with Crippen molar-refractivity contribution in [2.45, 2.75) is 206 Å². The van der Waals surface area contributed by atoms with E-state index in [2.05, 4.69) is 37.4 Å². The van der Waals surface area contributed by atoms with E-state index >= 15 is 0 Å². The molecule has 0 fully saturated rings. The molecule has 2 heteroatoms. The van der Waals surface area contributed by atoms with Crippen molar-refractivity contribution < 1.29 is 0 Å². The summed E-state index contributed by atoms with van der Waals surface area (Å²) in [6, 6.07) is 0. The van der Waals surface area contributed by atoms with Crippen molar-refractivity contribution in [1.29, 1.82) is 0 Å². The molecule has 0 aliphatic carbocycles. The van der Waals surface area contributed by atoms with Gasteiger partial charge in [-0.3, -0.25) is 0 Å². The first kappa shape index (κ1) is 38.7. The van der Waals surface area contributed by atoms with Crippen LogP contribution in [0.25, 0.3) is 0 Å². The van der Waals surface area contributed by atoms with Crippen LogP contribution in [0.2, 0.25) is 0 Å². The van der Waals surface area contributed by atoms with Crippen LogP contribution in [0.15, 0.2) is 0 Å². The highest BCUT2D eigenvalue weighted by Gasteiger charge is 1.97. The SMILES string of the molecule is CCCCCCCCCCCCCCSCCCCCCCCSCCCCCCCCCCCCCC. The average Bonchev–Trinajstić information content (AvgIpc) is 2.93. The molecule has 0 saturated heterocycles. The molecule has 0 spiro atoms. The van der Waals surface area contributed by atoms with E-state index in [1.54, 1.807) is 0 Å². The summed E-state index contributed by atoms with van der Waals surface area (Å²) < 4.78 is 0. The lowest BCUT2D eigenvalue weighted by Crippen LogP contribution is -1.88. The number of rotatable bonds is 35. The molecule has 0 aromatic heterocycles. The highest BCUT2D eigenvalue weighted by Crippen LogP contribution is 2.17. The van der Waals surface area contributed by atoms with Gasteiger partial charge in [0.2, 0.25) is 0 Å². The van der Waals surface area contributed by atoms with Crippen molar-refractivity contribution in [2.24, 2.45) is 0 Å². The summed E-state index contributed by atoms with van der Waals surface area (Å²) in [6.07, 6.45) is 44.0. The summed E-state index contributed by atoms with van der Waals surface area (Å²) in [5, 5.41) is 0. The second-order valence-corrected chi connectivity index (χ2v) is 14.6. The Balaban J connectivity index is 3.01. The van der Waals surface area contributed by atoms with Gasteiger partial charge < -0.3 is 0 Å². The molecule has 0 N–H and O–H groups in total. The fourth-order valence-electron chi connectivity index (χ4n) is 5.41. The predicted octanol–water partition coefficient (Wildman–Crippen LogP) is 14.2. The van der Waals surface area contributed by atoms with Gasteiger partial charge in [0, 0.05) is 0 Å². The van der Waals surface area contributed by atoms with Gasteiger partial charge in [0.05, 0.1) is 0 Å². The maximum Gasteiger partial charge on any atom is -0.00675 e. The Morgan fingerprint density at radius 3 is 0.553 bits per heavy atom. The van der Waals surface area contributed by atoms with Crippen LogP contribution in [-0.2, 0) is 0 Å². The van der Waals surface area contributed by atoms with Crippen LogP contribution in [0.3, 0.4) is 0 Å². The largest absolute Gasteiger partial charge is 0.162 e. The topological polar surface area (TPSA) is 0 Å². The second-order valence-electron chi connectivity index (χ2n) is 12.1. The van der Waals surface area contributed by atoms with Crippen LogP contribution in [-0.4, -0.2) is 23.0 Å². The van der Waals surface area contributed by atoms with Gasteiger partial charge in [0.25, 0.3) is 0 Å². The molecule has 0 aliphatic heterocycles. The zero-order valence-electron chi connectivity index (χ0n) is 26.9. The van der Waals surface area contributed by atoms with Gasteiger partial charge in [-0.05, 0) is 48.7 Å². The van der Waals surface area contributed by atoms with Crippen molar-refractivity contribution in [2.75, 3.05) is 23.0 Å². The van der Waals surface area contributed by atoms with Crippen LogP contribution in [0.4, 0.5) is 0 Å². The smallest absolute Gasteiger partial charge is 0.00675 e. The Kier molecular flexibility index (Phi) is 38.4. The van der Waals surface area contributed by atoms with Gasteiger partial charge in [-0.15, -0.1) is 0 Å². The molecule has 0 aliphatic rings. The molecule has 0 aromatic carbocycles. The van der Waals surface area contributed by atoms with E-state index in [0.29, 0.717) is 0 Å². The average molecular weight is 571 g/mol. The molecule has 0 nitrogen and oxygen atoms in total. The van der Waals surface area contributed by atoms with Crippen molar-refractivity contribution >= 4 is 23.5 Å². The van der Waals surface area contributed by atoms with Gasteiger partial charge in [-0.1, -0.05) is 181 Å². The number of thioether (sulfide) groups is 2. The van der Waals surface area contributed by atoms with Gasteiger partial charge in [0.15, 0.2) is 0 Å². The molecule has 230 valence electrons. The molecule has 0 bridgehead atoms. The van der Waals surface area contributed by atoms with E-state index in [1.165, 1.54) is 216 Å². The van der Waals surface area contributed by atoms with Crippen LogP contribution >= 0.6 is 23.5 Å². The third kappa shape index (κ3) is 36.7. The lowest BCUT2D eigenvalue weighted by atomic mass is 10.1. The fraction of sp³-hybridized carbons (Fsp3) is 1.00. The molecule has 0 rings (SSSR count). The minimum Gasteiger partial charge on any atom is -0.162 e. The number of unbranched alkanes of at least 4 members (excludes halogenated alkanes) is 27. The molecule has 0 unspecified atom stereocenters. The van der Waals surface area contributed by atoms with Gasteiger partial charge >= 0.3 is 0 Å². The molecular formula is C36H74S2. The van der Waals surface area contributed by atoms with Gasteiger partial charge in [0.1, 0.15) is 0 Å². The van der Waals surface area contributed by atoms with Crippen LogP contribution < -0.4 is 0 Å². The van der Waals surface area contributed by atoms with Crippen molar-refractivity contribution in [1.82, 2.24) is 0 Å². The number of hydrogen-bond acceptors (Lipinski definition) is 2. The summed E-state index contributed by atoms with van der Waals surface area (Å²) in [7, 11) is 0. The Hall–Kier alpha value is 0.700. The second kappa shape index (κ2) is 37.7. The van der Waals surface area contributed by atoms with Crippen LogP contribution in [0.5, 0.6) is 0 Å². The lowest BCUT2D eigenvalue weighted by Gasteiger charge is -2.05. The maximum atomic E-state index is 2.31. The summed E-state index contributed by atoms with van der Waals surface area (Å²) in [5.41, 5.74) is 0. The standard InChI is InChI=1S/C36H74S2/c1-3-5-7-9-11-13-15-17-19-21-25-29-33-37-35-31-27-23-24-28-32-36-38-34-30-26-22-20-18-16-14-12-10-8-6-4-2/h3-36H2,1-2H3. The van der Waals surface area contributed by atoms with Gasteiger partial charge in [-0.25, -0.2) is 0 Å². The summed E-state index contributed by atoms with van der Waals surface area (Å²) in [6.45, 7) is 4.61. The van der Waals surface area contributed by atoms with Crippen LogP contribution in [0.1, 0.15) is 206 Å². The zero-order chi connectivity index (χ0) is 27.5. The quantitative estimate of drug-likeness (QED) is 0.0695. The lowest BCUT2D eigenvalue weighted by molar-refractivity contribution is 0.548. The van der Waals surface area contributed by atoms with E-state index in [4.69, 9.17) is 0 Å². The molecule has 0 amide bonds. The monoisotopic (exact) mass is 571 g/mol. The third-order valence-electron chi connectivity index (χ3n) is 8.11. The third-order valence-corrected chi connectivity index (χ3v) is 10.4. The Bertz CT molecular complexity index is 348. The molecule has 0 heterocycles. The van der Waals surface area contributed by atoms with Crippen LogP contribution in [0, 0.1) is 0 Å². The summed E-state index contributed by atoms with van der Waals surface area (Å²) in [4.78, 5) is 0. The minimum absolute atomic E-state index is 1.37. The highest BCUT2D eigenvalue weighted by molar-refractivity contribution is 7.99. The van der Waals surface area contributed by atoms with Crippen molar-refractivity contribution in [3.8, 4) is 0 Å². The molecule has 0 atom stereocenters. The fourth-order valence-corrected chi connectivity index (χ4v) is 7.45. The molecule has 0 radical (unpaired) electrons. The zero-order valence-corrected chi connectivity index (χ0v) is 28.5. The normalized spacial score (nSPS) is 11.5. The first-order chi connectivity index (χ1) is 18.9. The Morgan fingerprint density at radius 2 is 0.368 bits per heavy atom. The number of hydrogen-bond donors (Lipinski definition) is 0. The Labute approximate surface area is 252 Å². The Morgan fingerprint density at radius 1 is 0.211 bits per heavy atom. The first-order valence-electron chi connectivity index (χ1n) is 18.1. The molecule has 0 saturated carbocycles. The minimum atomic E-state index is 1.37. The molecular weight excluding hydrogens is 497 g/mol. The highest BCUT2D eigenvalue weighted by atomic mass is 32.2. The summed E-state index contributed by atoms with van der Waals surface area (Å²) >= 11 is 4.44. The first-order valence-corrected chi connectivity index (χ1v) is 20.4. The molecule has 0 aromatic rings. The van der Waals surface area contributed by atoms with E-state index in [9.17, 15) is 0 Å². The predicted molar refractivity (Wildman–Crippen MR) is 185 cm³/mol. The van der Waals surface area contributed by atoms with Crippen molar-refractivity contribution in [3.63, 3.8) is 0 Å². The van der Waals surface area contributed by atoms with E-state index < -0.39 is 0 Å². The maximum absolute atomic E-state index is 2.31. The molecule has 38 heavy (non-hydrogen) atoms. The van der Waals surface area contributed by atoms with Gasteiger partial charge in [-0.2, -0.15) is 23.5 Å². The van der Waals surface area contributed by atoms with E-state index in [0.717, 1.165) is 0 Å². The van der Waals surface area contributed by atoms with Crippen molar-refractivity contribution in [3.05, 3.63) is 0 Å². The van der Waals surface area contributed by atoms with E-state index in [-0.39, 0.29) is 0 Å². The van der Waals surface area contributed by atoms with E-state index in [1.807, 2.05) is 0 Å².